The number of carbonyl (C=O) groups excluding carboxylic acids is 1. The van der Waals surface area contributed by atoms with E-state index in [-0.39, 0.29) is 18.4 Å². The van der Waals surface area contributed by atoms with Gasteiger partial charge < -0.3 is 10.0 Å². The summed E-state index contributed by atoms with van der Waals surface area (Å²) >= 11 is 0. The van der Waals surface area contributed by atoms with E-state index in [1.54, 1.807) is 11.8 Å². The quantitative estimate of drug-likeness (QED) is 0.939. The van der Waals surface area contributed by atoms with Crippen molar-refractivity contribution in [3.63, 3.8) is 0 Å². The van der Waals surface area contributed by atoms with Crippen molar-refractivity contribution in [3.05, 3.63) is 41.6 Å². The SMILES string of the molecule is CC(C)c1cc(C(=O)N2CCC(C)(C(=O)O)C2)c2ccccc2n1. The lowest BCUT2D eigenvalue weighted by molar-refractivity contribution is -0.147. The van der Waals surface area contributed by atoms with Gasteiger partial charge in [0.2, 0.25) is 0 Å². The van der Waals surface area contributed by atoms with Crippen LogP contribution in [0.2, 0.25) is 0 Å². The Labute approximate surface area is 141 Å². The van der Waals surface area contributed by atoms with E-state index in [1.807, 2.05) is 44.2 Å². The Morgan fingerprint density at radius 3 is 2.62 bits per heavy atom. The van der Waals surface area contributed by atoms with Gasteiger partial charge in [0.1, 0.15) is 0 Å². The predicted molar refractivity (Wildman–Crippen MR) is 92.1 cm³/mol. The van der Waals surface area contributed by atoms with E-state index in [4.69, 9.17) is 0 Å². The average molecular weight is 326 g/mol. The molecule has 5 nitrogen and oxygen atoms in total. The normalized spacial score (nSPS) is 20.8. The Hall–Kier alpha value is -2.43. The zero-order valence-corrected chi connectivity index (χ0v) is 14.2. The van der Waals surface area contributed by atoms with Gasteiger partial charge >= 0.3 is 5.97 Å². The maximum Gasteiger partial charge on any atom is 0.311 e. The van der Waals surface area contributed by atoms with Crippen molar-refractivity contribution < 1.29 is 14.7 Å². The minimum atomic E-state index is -0.862. The average Bonchev–Trinajstić information content (AvgIpc) is 2.97. The van der Waals surface area contributed by atoms with E-state index in [9.17, 15) is 14.7 Å². The summed E-state index contributed by atoms with van der Waals surface area (Å²) in [6.07, 6.45) is 0.480. The number of likely N-dealkylation sites (tertiary alicyclic amines) is 1. The van der Waals surface area contributed by atoms with Crippen LogP contribution in [0, 0.1) is 5.41 Å². The van der Waals surface area contributed by atoms with E-state index in [0.717, 1.165) is 16.6 Å². The molecule has 0 spiro atoms. The molecule has 5 heteroatoms. The summed E-state index contributed by atoms with van der Waals surface area (Å²) in [7, 11) is 0. The Morgan fingerprint density at radius 2 is 2.00 bits per heavy atom. The number of nitrogens with zero attached hydrogens (tertiary/aromatic N) is 2. The fourth-order valence-electron chi connectivity index (χ4n) is 3.15. The third-order valence-electron chi connectivity index (χ3n) is 4.83. The van der Waals surface area contributed by atoms with E-state index < -0.39 is 11.4 Å². The van der Waals surface area contributed by atoms with Crippen molar-refractivity contribution >= 4 is 22.8 Å². The highest BCUT2D eigenvalue weighted by molar-refractivity contribution is 6.06. The van der Waals surface area contributed by atoms with Crippen LogP contribution in [0.15, 0.2) is 30.3 Å². The van der Waals surface area contributed by atoms with Gasteiger partial charge in [0.15, 0.2) is 0 Å². The lowest BCUT2D eigenvalue weighted by atomic mass is 9.90. The Kier molecular flexibility index (Phi) is 4.03. The molecular formula is C19H22N2O3. The standard InChI is InChI=1S/C19H22N2O3/c1-12(2)16-10-14(13-6-4-5-7-15(13)20-16)17(22)21-9-8-19(3,11-21)18(23)24/h4-7,10,12H,8-9,11H2,1-3H3,(H,23,24). The number of amides is 1. The molecule has 2 heterocycles. The lowest BCUT2D eigenvalue weighted by Crippen LogP contribution is -2.35. The van der Waals surface area contributed by atoms with E-state index >= 15 is 0 Å². The van der Waals surface area contributed by atoms with Gasteiger partial charge in [0.25, 0.3) is 5.91 Å². The topological polar surface area (TPSA) is 70.5 Å². The third kappa shape index (κ3) is 2.75. The van der Waals surface area contributed by atoms with E-state index in [2.05, 4.69) is 4.98 Å². The fourth-order valence-corrected chi connectivity index (χ4v) is 3.15. The van der Waals surface area contributed by atoms with Crippen LogP contribution in [0.3, 0.4) is 0 Å². The lowest BCUT2D eigenvalue weighted by Gasteiger charge is -2.21. The van der Waals surface area contributed by atoms with Crippen LogP contribution in [0.25, 0.3) is 10.9 Å². The van der Waals surface area contributed by atoms with Crippen molar-refractivity contribution in [1.29, 1.82) is 0 Å². The molecule has 1 aromatic carbocycles. The zero-order valence-electron chi connectivity index (χ0n) is 14.2. The van der Waals surface area contributed by atoms with Crippen LogP contribution in [0.5, 0.6) is 0 Å². The van der Waals surface area contributed by atoms with E-state index in [1.165, 1.54) is 0 Å². The van der Waals surface area contributed by atoms with Crippen molar-refractivity contribution in [2.75, 3.05) is 13.1 Å². The molecule has 3 rings (SSSR count). The van der Waals surface area contributed by atoms with Crippen LogP contribution in [0.1, 0.15) is 49.2 Å². The summed E-state index contributed by atoms with van der Waals surface area (Å²) in [6, 6.07) is 9.45. The summed E-state index contributed by atoms with van der Waals surface area (Å²) in [4.78, 5) is 30.8. The molecule has 1 aliphatic heterocycles. The van der Waals surface area contributed by atoms with Gasteiger partial charge in [-0.2, -0.15) is 0 Å². The highest BCUT2D eigenvalue weighted by Gasteiger charge is 2.42. The molecule has 24 heavy (non-hydrogen) atoms. The number of carbonyl (C=O) groups is 2. The maximum absolute atomic E-state index is 13.1. The smallest absolute Gasteiger partial charge is 0.311 e. The first-order valence-electron chi connectivity index (χ1n) is 8.24. The summed E-state index contributed by atoms with van der Waals surface area (Å²) < 4.78 is 0. The monoisotopic (exact) mass is 326 g/mol. The number of aromatic nitrogens is 1. The number of benzene rings is 1. The molecule has 126 valence electrons. The molecule has 0 radical (unpaired) electrons. The number of carboxylic acids is 1. The number of hydrogen-bond acceptors (Lipinski definition) is 3. The van der Waals surface area contributed by atoms with Gasteiger partial charge in [-0.3, -0.25) is 14.6 Å². The molecule has 1 fully saturated rings. The summed E-state index contributed by atoms with van der Waals surface area (Å²) in [6.45, 7) is 6.50. The summed E-state index contributed by atoms with van der Waals surface area (Å²) in [5, 5.41) is 10.2. The number of para-hydroxylation sites is 1. The molecule has 0 bridgehead atoms. The summed E-state index contributed by atoms with van der Waals surface area (Å²) in [5.74, 6) is -0.746. The second-order valence-electron chi connectivity index (χ2n) is 7.11. The number of pyridine rings is 1. The molecule has 1 N–H and O–H groups in total. The minimum Gasteiger partial charge on any atom is -0.481 e. The molecule has 1 unspecified atom stereocenters. The van der Waals surface area contributed by atoms with Gasteiger partial charge in [0.05, 0.1) is 16.5 Å². The highest BCUT2D eigenvalue weighted by atomic mass is 16.4. The number of fused-ring (bicyclic) bond motifs is 1. The van der Waals surface area contributed by atoms with Crippen molar-refractivity contribution in [2.24, 2.45) is 5.41 Å². The molecule has 0 aliphatic carbocycles. The van der Waals surface area contributed by atoms with Crippen LogP contribution >= 0.6 is 0 Å². The second kappa shape index (κ2) is 5.89. The van der Waals surface area contributed by atoms with Crippen LogP contribution in [-0.4, -0.2) is 40.0 Å². The second-order valence-corrected chi connectivity index (χ2v) is 7.11. The van der Waals surface area contributed by atoms with Crippen LogP contribution < -0.4 is 0 Å². The Bertz CT molecular complexity index is 815. The van der Waals surface area contributed by atoms with Gasteiger partial charge in [-0.15, -0.1) is 0 Å². The molecule has 1 saturated heterocycles. The molecule has 2 aromatic rings. The largest absolute Gasteiger partial charge is 0.481 e. The number of carboxylic acid groups (broad SMARTS) is 1. The fraction of sp³-hybridized carbons (Fsp3) is 0.421. The van der Waals surface area contributed by atoms with Crippen molar-refractivity contribution in [2.45, 2.75) is 33.1 Å². The zero-order chi connectivity index (χ0) is 17.5. The summed E-state index contributed by atoms with van der Waals surface area (Å²) in [5.41, 5.74) is 1.42. The molecule has 1 aliphatic rings. The van der Waals surface area contributed by atoms with Gasteiger partial charge in [-0.25, -0.2) is 0 Å². The maximum atomic E-state index is 13.1. The molecule has 1 aromatic heterocycles. The van der Waals surface area contributed by atoms with E-state index in [0.29, 0.717) is 18.5 Å². The highest BCUT2D eigenvalue weighted by Crippen LogP contribution is 2.32. The minimum absolute atomic E-state index is 0.111. The Balaban J connectivity index is 2.03. The number of aliphatic carboxylic acids is 1. The van der Waals surface area contributed by atoms with Gasteiger partial charge in [-0.05, 0) is 31.4 Å². The third-order valence-corrected chi connectivity index (χ3v) is 4.83. The molecule has 1 amide bonds. The first-order valence-corrected chi connectivity index (χ1v) is 8.24. The van der Waals surface area contributed by atoms with Crippen LogP contribution in [0.4, 0.5) is 0 Å². The predicted octanol–water partition coefficient (Wildman–Crippen LogP) is 3.30. The number of hydrogen-bond donors (Lipinski definition) is 1. The van der Waals surface area contributed by atoms with Crippen molar-refractivity contribution in [3.8, 4) is 0 Å². The first-order chi connectivity index (χ1) is 11.3. The van der Waals surface area contributed by atoms with Crippen molar-refractivity contribution in [1.82, 2.24) is 9.88 Å². The molecule has 1 atom stereocenters. The first kappa shape index (κ1) is 16.4. The van der Waals surface area contributed by atoms with Crippen LogP contribution in [-0.2, 0) is 4.79 Å². The molecule has 0 saturated carbocycles. The Morgan fingerprint density at radius 1 is 1.29 bits per heavy atom. The molecular weight excluding hydrogens is 304 g/mol. The van der Waals surface area contributed by atoms with Gasteiger partial charge in [0, 0.05) is 24.2 Å². The van der Waals surface area contributed by atoms with Gasteiger partial charge in [-0.1, -0.05) is 32.0 Å². The number of rotatable bonds is 3.